The van der Waals surface area contributed by atoms with Gasteiger partial charge in [-0.3, -0.25) is 10.1 Å². The van der Waals surface area contributed by atoms with Crippen molar-refractivity contribution in [3.05, 3.63) is 33.9 Å². The SMILES string of the molecule is CC(C)N(CCC#N)c1c(C(=O)O)cccc1[N+](=O)[O-]. The maximum absolute atomic E-state index is 11.3. The van der Waals surface area contributed by atoms with Gasteiger partial charge in [-0.15, -0.1) is 0 Å². The molecule has 1 aromatic carbocycles. The molecule has 20 heavy (non-hydrogen) atoms. The second kappa shape index (κ2) is 6.52. The van der Waals surface area contributed by atoms with E-state index in [9.17, 15) is 20.0 Å². The van der Waals surface area contributed by atoms with Gasteiger partial charge >= 0.3 is 5.97 Å². The predicted molar refractivity (Wildman–Crippen MR) is 72.8 cm³/mol. The fourth-order valence-corrected chi connectivity index (χ4v) is 1.95. The Kier molecular flexibility index (Phi) is 5.03. The van der Waals surface area contributed by atoms with Crippen LogP contribution in [0.2, 0.25) is 0 Å². The fraction of sp³-hybridized carbons (Fsp3) is 0.385. The summed E-state index contributed by atoms with van der Waals surface area (Å²) in [4.78, 5) is 23.4. The molecule has 1 N–H and O–H groups in total. The Morgan fingerprint density at radius 3 is 2.65 bits per heavy atom. The van der Waals surface area contributed by atoms with E-state index in [1.165, 1.54) is 18.2 Å². The molecule has 106 valence electrons. The van der Waals surface area contributed by atoms with Crippen molar-refractivity contribution < 1.29 is 14.8 Å². The van der Waals surface area contributed by atoms with Crippen molar-refractivity contribution in [1.29, 1.82) is 5.26 Å². The zero-order chi connectivity index (χ0) is 15.3. The van der Waals surface area contributed by atoms with Crippen molar-refractivity contribution in [2.75, 3.05) is 11.4 Å². The van der Waals surface area contributed by atoms with Gasteiger partial charge < -0.3 is 10.0 Å². The van der Waals surface area contributed by atoms with Gasteiger partial charge in [0.05, 0.1) is 23.0 Å². The monoisotopic (exact) mass is 277 g/mol. The molecule has 0 saturated heterocycles. The smallest absolute Gasteiger partial charge is 0.338 e. The second-order valence-corrected chi connectivity index (χ2v) is 4.43. The van der Waals surface area contributed by atoms with Gasteiger partial charge in [-0.25, -0.2) is 4.79 Å². The van der Waals surface area contributed by atoms with Crippen molar-refractivity contribution in [1.82, 2.24) is 0 Å². The molecule has 1 aromatic rings. The minimum atomic E-state index is -1.23. The zero-order valence-electron chi connectivity index (χ0n) is 11.2. The van der Waals surface area contributed by atoms with Crippen LogP contribution in [0.1, 0.15) is 30.6 Å². The molecule has 7 nitrogen and oxygen atoms in total. The van der Waals surface area contributed by atoms with Crippen molar-refractivity contribution in [2.45, 2.75) is 26.3 Å². The highest BCUT2D eigenvalue weighted by molar-refractivity contribution is 5.97. The third kappa shape index (κ3) is 3.23. The van der Waals surface area contributed by atoms with Gasteiger partial charge in [0, 0.05) is 18.7 Å². The van der Waals surface area contributed by atoms with Crippen LogP contribution >= 0.6 is 0 Å². The molecular weight excluding hydrogens is 262 g/mol. The van der Waals surface area contributed by atoms with E-state index in [0.29, 0.717) is 0 Å². The van der Waals surface area contributed by atoms with Crippen molar-refractivity contribution in [2.24, 2.45) is 0 Å². The van der Waals surface area contributed by atoms with Gasteiger partial charge in [0.15, 0.2) is 0 Å². The maximum atomic E-state index is 11.3. The van der Waals surface area contributed by atoms with Gasteiger partial charge in [0.25, 0.3) is 5.69 Å². The van der Waals surface area contributed by atoms with E-state index in [1.807, 2.05) is 6.07 Å². The summed E-state index contributed by atoms with van der Waals surface area (Å²) in [5.41, 5.74) is -0.349. The summed E-state index contributed by atoms with van der Waals surface area (Å²) >= 11 is 0. The number of aromatic carboxylic acids is 1. The van der Waals surface area contributed by atoms with Crippen LogP contribution in [0.25, 0.3) is 0 Å². The Bertz CT molecular complexity index is 531. The van der Waals surface area contributed by atoms with Crippen LogP contribution in [-0.2, 0) is 0 Å². The number of hydrogen-bond acceptors (Lipinski definition) is 5. The minimum Gasteiger partial charge on any atom is -0.478 e. The molecule has 0 bridgehead atoms. The Morgan fingerprint density at radius 2 is 2.20 bits per heavy atom. The van der Waals surface area contributed by atoms with Gasteiger partial charge in [0.2, 0.25) is 0 Å². The van der Waals surface area contributed by atoms with E-state index in [1.54, 1.807) is 18.7 Å². The van der Waals surface area contributed by atoms with Crippen molar-refractivity contribution in [3.8, 4) is 6.07 Å². The number of nitro benzene ring substituents is 1. The van der Waals surface area contributed by atoms with Crippen LogP contribution in [0.4, 0.5) is 11.4 Å². The normalized spacial score (nSPS) is 10.1. The van der Waals surface area contributed by atoms with E-state index in [0.717, 1.165) is 0 Å². The highest BCUT2D eigenvalue weighted by atomic mass is 16.6. The molecular formula is C13H15N3O4. The molecule has 0 fully saturated rings. The molecule has 0 amide bonds. The quantitative estimate of drug-likeness (QED) is 0.632. The molecule has 0 aliphatic heterocycles. The lowest BCUT2D eigenvalue weighted by atomic mass is 10.1. The topological polar surface area (TPSA) is 107 Å². The zero-order valence-corrected chi connectivity index (χ0v) is 11.2. The third-order valence-electron chi connectivity index (χ3n) is 2.82. The summed E-state index contributed by atoms with van der Waals surface area (Å²) in [6.45, 7) is 3.82. The van der Waals surface area contributed by atoms with Crippen LogP contribution in [0.5, 0.6) is 0 Å². The Balaban J connectivity index is 3.47. The average Bonchev–Trinajstić information content (AvgIpc) is 2.38. The van der Waals surface area contributed by atoms with Crippen LogP contribution in [-0.4, -0.2) is 28.6 Å². The van der Waals surface area contributed by atoms with Crippen molar-refractivity contribution in [3.63, 3.8) is 0 Å². The number of carboxylic acids is 1. The first-order chi connectivity index (χ1) is 9.40. The number of carbonyl (C=O) groups is 1. The molecule has 0 aromatic heterocycles. The molecule has 0 aliphatic rings. The molecule has 0 unspecified atom stereocenters. The van der Waals surface area contributed by atoms with E-state index < -0.39 is 10.9 Å². The summed E-state index contributed by atoms with van der Waals surface area (Å²) in [6.07, 6.45) is 0.156. The summed E-state index contributed by atoms with van der Waals surface area (Å²) in [5, 5.41) is 29.0. The average molecular weight is 277 g/mol. The lowest BCUT2D eigenvalue weighted by Gasteiger charge is -2.28. The lowest BCUT2D eigenvalue weighted by Crippen LogP contribution is -2.33. The third-order valence-corrected chi connectivity index (χ3v) is 2.82. The number of nitro groups is 1. The van der Waals surface area contributed by atoms with E-state index in [2.05, 4.69) is 0 Å². The van der Waals surface area contributed by atoms with Crippen LogP contribution in [0.3, 0.4) is 0 Å². The largest absolute Gasteiger partial charge is 0.478 e. The first-order valence-corrected chi connectivity index (χ1v) is 6.04. The number of rotatable bonds is 6. The minimum absolute atomic E-state index is 0.0512. The molecule has 0 heterocycles. The molecule has 7 heteroatoms. The Morgan fingerprint density at radius 1 is 1.55 bits per heavy atom. The molecule has 1 rings (SSSR count). The standard InChI is InChI=1S/C13H15N3O4/c1-9(2)15(8-4-7-14)12-10(13(17)18)5-3-6-11(12)16(19)20/h3,5-6,9H,4,8H2,1-2H3,(H,17,18). The number of anilines is 1. The molecule has 0 radical (unpaired) electrons. The van der Waals surface area contributed by atoms with E-state index in [-0.39, 0.29) is 35.9 Å². The maximum Gasteiger partial charge on any atom is 0.338 e. The van der Waals surface area contributed by atoms with E-state index in [4.69, 9.17) is 5.26 Å². The number of para-hydroxylation sites is 1. The number of hydrogen-bond donors (Lipinski definition) is 1. The van der Waals surface area contributed by atoms with Gasteiger partial charge in [-0.1, -0.05) is 6.07 Å². The summed E-state index contributed by atoms with van der Waals surface area (Å²) < 4.78 is 0. The molecule has 0 atom stereocenters. The first-order valence-electron chi connectivity index (χ1n) is 6.04. The van der Waals surface area contributed by atoms with E-state index >= 15 is 0 Å². The van der Waals surface area contributed by atoms with Gasteiger partial charge in [-0.05, 0) is 19.9 Å². The lowest BCUT2D eigenvalue weighted by molar-refractivity contribution is -0.384. The Labute approximate surface area is 116 Å². The first kappa shape index (κ1) is 15.4. The van der Waals surface area contributed by atoms with Crippen LogP contribution < -0.4 is 4.90 Å². The molecule has 0 aliphatic carbocycles. The fourth-order valence-electron chi connectivity index (χ4n) is 1.95. The number of benzene rings is 1. The highest BCUT2D eigenvalue weighted by Crippen LogP contribution is 2.33. The predicted octanol–water partition coefficient (Wildman–Crippen LogP) is 2.42. The number of nitrogens with zero attached hydrogens (tertiary/aromatic N) is 3. The molecule has 0 spiro atoms. The highest BCUT2D eigenvalue weighted by Gasteiger charge is 2.27. The summed E-state index contributed by atoms with van der Waals surface area (Å²) in [5.74, 6) is -1.23. The number of nitriles is 1. The van der Waals surface area contributed by atoms with Crippen molar-refractivity contribution >= 4 is 17.3 Å². The second-order valence-electron chi connectivity index (χ2n) is 4.43. The summed E-state index contributed by atoms with van der Waals surface area (Å²) in [7, 11) is 0. The van der Waals surface area contributed by atoms with Gasteiger partial charge in [-0.2, -0.15) is 5.26 Å². The summed E-state index contributed by atoms with van der Waals surface area (Å²) in [6, 6.07) is 5.73. The van der Waals surface area contributed by atoms with Crippen LogP contribution in [0, 0.1) is 21.4 Å². The number of carboxylic acid groups (broad SMARTS) is 1. The Hall–Kier alpha value is -2.62. The van der Waals surface area contributed by atoms with Crippen LogP contribution in [0.15, 0.2) is 18.2 Å². The van der Waals surface area contributed by atoms with Gasteiger partial charge in [0.1, 0.15) is 5.69 Å². The molecule has 0 saturated carbocycles.